The quantitative estimate of drug-likeness (QED) is 0.853. The van der Waals surface area contributed by atoms with Crippen LogP contribution in [0.1, 0.15) is 23.8 Å². The predicted molar refractivity (Wildman–Crippen MR) is 80.4 cm³/mol. The number of aromatic nitrogens is 1. The molecule has 2 heterocycles. The van der Waals surface area contributed by atoms with E-state index in [4.69, 9.17) is 11.6 Å². The lowest BCUT2D eigenvalue weighted by atomic mass is 10.2. The summed E-state index contributed by atoms with van der Waals surface area (Å²) >= 11 is 5.98. The second-order valence-corrected chi connectivity index (χ2v) is 6.98. The Kier molecular flexibility index (Phi) is 3.30. The van der Waals surface area contributed by atoms with Gasteiger partial charge in [-0.25, -0.2) is 12.4 Å². The topological polar surface area (TPSA) is 59.4 Å². The largest absolute Gasteiger partial charge is 0.306 e. The molecule has 5 nitrogen and oxygen atoms in total. The van der Waals surface area contributed by atoms with E-state index < -0.39 is 10.0 Å². The summed E-state index contributed by atoms with van der Waals surface area (Å²) in [7, 11) is -3.80. The number of benzene rings is 1. The highest BCUT2D eigenvalue weighted by atomic mass is 35.5. The van der Waals surface area contributed by atoms with Crippen molar-refractivity contribution in [1.82, 2.24) is 3.97 Å². The molecule has 3 rings (SSSR count). The molecule has 1 aromatic heterocycles. The highest BCUT2D eigenvalue weighted by Gasteiger charge is 2.34. The molecule has 21 heavy (non-hydrogen) atoms. The third-order valence-electron chi connectivity index (χ3n) is 3.37. The van der Waals surface area contributed by atoms with Crippen LogP contribution in [0.3, 0.4) is 0 Å². The molecule has 0 unspecified atom stereocenters. The maximum atomic E-state index is 12.7. The number of amides is 1. The molecule has 0 radical (unpaired) electrons. The van der Waals surface area contributed by atoms with E-state index in [1.165, 1.54) is 35.4 Å². The van der Waals surface area contributed by atoms with Gasteiger partial charge in [-0.15, -0.1) is 0 Å². The summed E-state index contributed by atoms with van der Waals surface area (Å²) in [5.74, 6) is -0.341. The molecule has 1 aromatic carbocycles. The molecule has 7 heteroatoms. The van der Waals surface area contributed by atoms with Crippen molar-refractivity contribution >= 4 is 33.2 Å². The van der Waals surface area contributed by atoms with E-state index >= 15 is 0 Å². The van der Waals surface area contributed by atoms with Gasteiger partial charge in [0.2, 0.25) is 0 Å². The van der Waals surface area contributed by atoms with Gasteiger partial charge in [0.1, 0.15) is 10.6 Å². The Hall–Kier alpha value is -1.79. The SMILES string of the molecule is CCCN1C(=O)c2cccn2S(=O)(=O)c2ccc(Cl)cc21. The van der Waals surface area contributed by atoms with Crippen LogP contribution in [0.15, 0.2) is 41.4 Å². The highest BCUT2D eigenvalue weighted by molar-refractivity contribution is 7.90. The Labute approximate surface area is 127 Å². The Morgan fingerprint density at radius 1 is 1.24 bits per heavy atom. The first-order chi connectivity index (χ1) is 9.96. The normalized spacial score (nSPS) is 16.3. The summed E-state index contributed by atoms with van der Waals surface area (Å²) in [6.45, 7) is 2.35. The molecule has 0 fully saturated rings. The van der Waals surface area contributed by atoms with Crippen molar-refractivity contribution in [1.29, 1.82) is 0 Å². The minimum absolute atomic E-state index is 0.0867. The summed E-state index contributed by atoms with van der Waals surface area (Å²) in [5, 5.41) is 0.393. The monoisotopic (exact) mass is 324 g/mol. The maximum absolute atomic E-state index is 12.7. The second-order valence-electron chi connectivity index (χ2n) is 4.76. The number of rotatable bonds is 2. The van der Waals surface area contributed by atoms with Gasteiger partial charge in [-0.2, -0.15) is 0 Å². The number of carbonyl (C=O) groups is 1. The van der Waals surface area contributed by atoms with Crippen LogP contribution in [0.5, 0.6) is 0 Å². The van der Waals surface area contributed by atoms with E-state index in [2.05, 4.69) is 0 Å². The molecule has 2 aromatic rings. The molecule has 0 bridgehead atoms. The van der Waals surface area contributed by atoms with Crippen LogP contribution in [-0.2, 0) is 10.0 Å². The van der Waals surface area contributed by atoms with Crippen molar-refractivity contribution in [3.8, 4) is 0 Å². The molecule has 1 aliphatic rings. The molecule has 0 aliphatic carbocycles. The van der Waals surface area contributed by atoms with E-state index in [9.17, 15) is 13.2 Å². The van der Waals surface area contributed by atoms with Crippen LogP contribution in [0, 0.1) is 0 Å². The molecular formula is C14H13ClN2O3S. The van der Waals surface area contributed by atoms with Crippen molar-refractivity contribution < 1.29 is 13.2 Å². The molecule has 1 amide bonds. The first-order valence-electron chi connectivity index (χ1n) is 6.51. The summed E-state index contributed by atoms with van der Waals surface area (Å²) in [4.78, 5) is 14.2. The zero-order chi connectivity index (χ0) is 15.2. The first kappa shape index (κ1) is 14.2. The smallest absolute Gasteiger partial charge is 0.275 e. The lowest BCUT2D eigenvalue weighted by Gasteiger charge is -2.21. The Bertz CT molecular complexity index is 826. The Balaban J connectivity index is 2.38. The van der Waals surface area contributed by atoms with Gasteiger partial charge in [-0.05, 0) is 36.8 Å². The maximum Gasteiger partial charge on any atom is 0.275 e. The number of carbonyl (C=O) groups excluding carboxylic acids is 1. The van der Waals surface area contributed by atoms with Gasteiger partial charge in [0.15, 0.2) is 0 Å². The number of hydrogen-bond acceptors (Lipinski definition) is 3. The van der Waals surface area contributed by atoms with Crippen LogP contribution in [0.2, 0.25) is 5.02 Å². The highest BCUT2D eigenvalue weighted by Crippen LogP contribution is 2.34. The lowest BCUT2D eigenvalue weighted by Crippen LogP contribution is -2.31. The fourth-order valence-electron chi connectivity index (χ4n) is 2.46. The molecule has 0 spiro atoms. The first-order valence-corrected chi connectivity index (χ1v) is 8.33. The number of hydrogen-bond donors (Lipinski definition) is 0. The van der Waals surface area contributed by atoms with E-state index in [0.29, 0.717) is 23.7 Å². The van der Waals surface area contributed by atoms with Crippen LogP contribution in [-0.4, -0.2) is 24.8 Å². The van der Waals surface area contributed by atoms with Gasteiger partial charge >= 0.3 is 0 Å². The summed E-state index contributed by atoms with van der Waals surface area (Å²) in [6, 6.07) is 7.54. The molecule has 0 saturated heterocycles. The lowest BCUT2D eigenvalue weighted by molar-refractivity contribution is 0.0981. The summed E-state index contributed by atoms with van der Waals surface area (Å²) in [5.41, 5.74) is 0.467. The summed E-state index contributed by atoms with van der Waals surface area (Å²) < 4.78 is 26.5. The van der Waals surface area contributed by atoms with Crippen LogP contribution in [0.4, 0.5) is 5.69 Å². The summed E-state index contributed by atoms with van der Waals surface area (Å²) in [6.07, 6.45) is 2.09. The van der Waals surface area contributed by atoms with Crippen molar-refractivity contribution in [2.75, 3.05) is 11.4 Å². The molecule has 0 N–H and O–H groups in total. The Morgan fingerprint density at radius 3 is 2.71 bits per heavy atom. The fraction of sp³-hybridized carbons (Fsp3) is 0.214. The molecule has 0 saturated carbocycles. The van der Waals surface area contributed by atoms with Gasteiger partial charge in [-0.3, -0.25) is 4.79 Å². The van der Waals surface area contributed by atoms with Gasteiger partial charge in [0, 0.05) is 17.8 Å². The van der Waals surface area contributed by atoms with Gasteiger partial charge < -0.3 is 4.90 Å². The fourth-order valence-corrected chi connectivity index (χ4v) is 4.14. The predicted octanol–water partition coefficient (Wildman–Crippen LogP) is 2.75. The molecular weight excluding hydrogens is 312 g/mol. The average Bonchev–Trinajstić information content (AvgIpc) is 2.91. The number of anilines is 1. The van der Waals surface area contributed by atoms with Gasteiger partial charge in [0.05, 0.1) is 5.69 Å². The zero-order valence-corrected chi connectivity index (χ0v) is 12.9. The van der Waals surface area contributed by atoms with E-state index in [1.807, 2.05) is 6.92 Å². The van der Waals surface area contributed by atoms with Crippen molar-refractivity contribution in [3.05, 3.63) is 47.2 Å². The number of fused-ring (bicyclic) bond motifs is 2. The number of nitrogens with zero attached hydrogens (tertiary/aromatic N) is 2. The minimum Gasteiger partial charge on any atom is -0.306 e. The second kappa shape index (κ2) is 4.89. The minimum atomic E-state index is -3.80. The standard InChI is InChI=1S/C14H13ClN2O3S/c1-2-7-16-12-9-10(15)5-6-13(12)21(19,20)17-8-3-4-11(17)14(16)18/h3-6,8-9H,2,7H2,1H3. The van der Waals surface area contributed by atoms with Crippen LogP contribution < -0.4 is 4.90 Å². The van der Waals surface area contributed by atoms with E-state index in [-0.39, 0.29) is 16.5 Å². The molecule has 0 atom stereocenters. The molecule has 1 aliphatic heterocycles. The average molecular weight is 325 g/mol. The van der Waals surface area contributed by atoms with Crippen molar-refractivity contribution in [2.24, 2.45) is 0 Å². The van der Waals surface area contributed by atoms with Crippen molar-refractivity contribution in [3.63, 3.8) is 0 Å². The van der Waals surface area contributed by atoms with E-state index in [1.54, 1.807) is 6.07 Å². The van der Waals surface area contributed by atoms with Gasteiger partial charge in [0.25, 0.3) is 15.9 Å². The van der Waals surface area contributed by atoms with Crippen LogP contribution >= 0.6 is 11.6 Å². The van der Waals surface area contributed by atoms with Gasteiger partial charge in [-0.1, -0.05) is 18.5 Å². The van der Waals surface area contributed by atoms with E-state index in [0.717, 1.165) is 3.97 Å². The molecule has 110 valence electrons. The van der Waals surface area contributed by atoms with Crippen LogP contribution in [0.25, 0.3) is 0 Å². The Morgan fingerprint density at radius 2 is 2.00 bits per heavy atom. The zero-order valence-electron chi connectivity index (χ0n) is 11.3. The third-order valence-corrected chi connectivity index (χ3v) is 5.35. The van der Waals surface area contributed by atoms with Crippen molar-refractivity contribution in [2.45, 2.75) is 18.2 Å². The third kappa shape index (κ3) is 2.06. The number of halogens is 1.